The van der Waals surface area contributed by atoms with Gasteiger partial charge >= 0.3 is 6.01 Å². The fourth-order valence-electron chi connectivity index (χ4n) is 3.22. The van der Waals surface area contributed by atoms with Crippen LogP contribution in [0.1, 0.15) is 26.0 Å². The van der Waals surface area contributed by atoms with Crippen LogP contribution >= 0.6 is 0 Å². The second-order valence-electron chi connectivity index (χ2n) is 8.85. The molecule has 32 heavy (non-hydrogen) atoms. The molecule has 0 amide bonds. The minimum atomic E-state index is -0.617. The van der Waals surface area contributed by atoms with Crippen molar-refractivity contribution in [3.8, 4) is 28.7 Å². The van der Waals surface area contributed by atoms with Gasteiger partial charge in [-0.25, -0.2) is 14.4 Å². The third-order valence-electron chi connectivity index (χ3n) is 4.97. The molecule has 1 aliphatic heterocycles. The summed E-state index contributed by atoms with van der Waals surface area (Å²) in [6.07, 6.45) is 1.02. The van der Waals surface area contributed by atoms with Gasteiger partial charge in [0.1, 0.15) is 12.4 Å². The van der Waals surface area contributed by atoms with Crippen molar-refractivity contribution in [2.75, 3.05) is 40.5 Å². The molecular weight excluding hydrogens is 413 g/mol. The van der Waals surface area contributed by atoms with Crippen molar-refractivity contribution in [3.63, 3.8) is 0 Å². The lowest BCUT2D eigenvalue weighted by Crippen LogP contribution is -2.34. The number of imidazole rings is 1. The number of nitrogens with one attached hydrogen (secondary N) is 1. The van der Waals surface area contributed by atoms with Gasteiger partial charge in [-0.1, -0.05) is 13.8 Å². The quantitative estimate of drug-likeness (QED) is 0.599. The molecule has 3 aromatic rings. The van der Waals surface area contributed by atoms with Crippen LogP contribution in [0.15, 0.2) is 36.5 Å². The lowest BCUT2D eigenvalue weighted by Gasteiger charge is -2.33. The molecule has 0 spiro atoms. The summed E-state index contributed by atoms with van der Waals surface area (Å²) in [6.45, 7) is 6.48. The summed E-state index contributed by atoms with van der Waals surface area (Å²) >= 11 is 0. The Morgan fingerprint density at radius 3 is 2.53 bits per heavy atom. The number of likely N-dealkylation sites (N-methyl/N-ethyl adjacent to an activating group) is 1. The minimum Gasteiger partial charge on any atom is -0.462 e. The summed E-state index contributed by atoms with van der Waals surface area (Å²) < 4.78 is 31.0. The molecular formula is C23H28FN5O3. The number of aromatic nitrogens is 4. The number of halogens is 1. The van der Waals surface area contributed by atoms with Crippen LogP contribution in [0.25, 0.3) is 22.6 Å². The van der Waals surface area contributed by atoms with Crippen molar-refractivity contribution in [1.82, 2.24) is 24.8 Å². The largest absolute Gasteiger partial charge is 0.462 e. The van der Waals surface area contributed by atoms with E-state index in [2.05, 4.69) is 28.8 Å². The van der Waals surface area contributed by atoms with E-state index < -0.39 is 6.29 Å². The topological polar surface area (TPSA) is 85.4 Å². The monoisotopic (exact) mass is 441 g/mol. The van der Waals surface area contributed by atoms with Crippen LogP contribution < -0.4 is 4.74 Å². The second-order valence-corrected chi connectivity index (χ2v) is 8.85. The van der Waals surface area contributed by atoms with Crippen molar-refractivity contribution in [3.05, 3.63) is 48.2 Å². The fourth-order valence-corrected chi connectivity index (χ4v) is 3.22. The molecule has 1 aromatic carbocycles. The normalized spacial score (nSPS) is 16.4. The zero-order chi connectivity index (χ0) is 22.7. The molecule has 1 aliphatic rings. The zero-order valence-electron chi connectivity index (χ0n) is 18.8. The number of aromatic amines is 1. The third-order valence-corrected chi connectivity index (χ3v) is 4.97. The third kappa shape index (κ3) is 5.29. The Kier molecular flexibility index (Phi) is 6.50. The Hall–Kier alpha value is -2.88. The predicted octanol–water partition coefficient (Wildman–Crippen LogP) is 3.68. The van der Waals surface area contributed by atoms with Gasteiger partial charge in [0.2, 0.25) is 6.29 Å². The maximum Gasteiger partial charge on any atom is 0.316 e. The number of rotatable bonds is 7. The van der Waals surface area contributed by atoms with Gasteiger partial charge in [0.15, 0.2) is 5.82 Å². The molecule has 1 saturated heterocycles. The van der Waals surface area contributed by atoms with Gasteiger partial charge in [-0.2, -0.15) is 4.98 Å². The molecule has 0 radical (unpaired) electrons. The first-order valence-electron chi connectivity index (χ1n) is 10.5. The maximum atomic E-state index is 13.5. The van der Waals surface area contributed by atoms with Crippen molar-refractivity contribution < 1.29 is 18.6 Å². The second kappa shape index (κ2) is 9.32. The van der Waals surface area contributed by atoms with Crippen molar-refractivity contribution in [2.45, 2.75) is 20.1 Å². The van der Waals surface area contributed by atoms with E-state index in [0.29, 0.717) is 42.7 Å². The van der Waals surface area contributed by atoms with Crippen LogP contribution in [0.3, 0.4) is 0 Å². The molecule has 0 atom stereocenters. The molecule has 170 valence electrons. The van der Waals surface area contributed by atoms with Crippen LogP contribution in [-0.2, 0) is 9.47 Å². The molecule has 4 rings (SSSR count). The molecule has 0 unspecified atom stereocenters. The molecule has 0 aliphatic carbocycles. The van der Waals surface area contributed by atoms with Crippen LogP contribution in [-0.4, -0.2) is 65.3 Å². The van der Waals surface area contributed by atoms with E-state index in [4.69, 9.17) is 19.2 Å². The molecule has 1 N–H and O–H groups in total. The minimum absolute atomic E-state index is 0.0584. The lowest BCUT2D eigenvalue weighted by atomic mass is 9.96. The number of nitrogens with zero attached hydrogens (tertiary/aromatic N) is 4. The molecule has 8 nitrogen and oxygen atoms in total. The maximum absolute atomic E-state index is 13.5. The van der Waals surface area contributed by atoms with E-state index in [-0.39, 0.29) is 17.2 Å². The first-order chi connectivity index (χ1) is 15.3. The molecule has 9 heteroatoms. The van der Waals surface area contributed by atoms with Crippen LogP contribution in [0, 0.1) is 11.2 Å². The van der Waals surface area contributed by atoms with E-state index in [1.54, 1.807) is 24.4 Å². The van der Waals surface area contributed by atoms with Crippen LogP contribution in [0.5, 0.6) is 6.01 Å². The number of ether oxygens (including phenoxy) is 3. The predicted molar refractivity (Wildman–Crippen MR) is 117 cm³/mol. The summed E-state index contributed by atoms with van der Waals surface area (Å²) in [5.41, 5.74) is 2.57. The number of benzene rings is 1. The van der Waals surface area contributed by atoms with E-state index in [9.17, 15) is 4.39 Å². The van der Waals surface area contributed by atoms with Gasteiger partial charge in [0.05, 0.1) is 30.3 Å². The molecule has 2 aromatic heterocycles. The summed E-state index contributed by atoms with van der Waals surface area (Å²) in [7, 11) is 3.94. The standard InChI is InChI=1S/C23H28FN5O3/c1-23(2)13-31-21(32-14-23)20-27-18(15-5-7-16(24)8-6-15)19(28-20)17-9-10-25-22(26-17)30-12-11-29(3)4/h5-10,21H,11-14H2,1-4H3,(H,27,28). The van der Waals surface area contributed by atoms with Crippen molar-refractivity contribution in [1.29, 1.82) is 0 Å². The Morgan fingerprint density at radius 2 is 1.84 bits per heavy atom. The molecule has 3 heterocycles. The Morgan fingerprint density at radius 1 is 1.12 bits per heavy atom. The first-order valence-corrected chi connectivity index (χ1v) is 10.5. The molecule has 1 fully saturated rings. The number of hydrogen-bond donors (Lipinski definition) is 1. The summed E-state index contributed by atoms with van der Waals surface area (Å²) in [5.74, 6) is 0.217. The highest BCUT2D eigenvalue weighted by Crippen LogP contribution is 2.35. The highest BCUT2D eigenvalue weighted by atomic mass is 19.1. The molecule has 0 bridgehead atoms. The summed E-state index contributed by atoms with van der Waals surface area (Å²) in [5, 5.41) is 0. The summed E-state index contributed by atoms with van der Waals surface area (Å²) in [6, 6.07) is 8.21. The van der Waals surface area contributed by atoms with Gasteiger partial charge in [-0.05, 0) is 44.4 Å². The van der Waals surface area contributed by atoms with Gasteiger partial charge in [-0.15, -0.1) is 0 Å². The smallest absolute Gasteiger partial charge is 0.316 e. The Balaban J connectivity index is 1.67. The van der Waals surface area contributed by atoms with E-state index >= 15 is 0 Å². The van der Waals surface area contributed by atoms with Crippen LogP contribution in [0.4, 0.5) is 4.39 Å². The van der Waals surface area contributed by atoms with Gasteiger partial charge in [0.25, 0.3) is 0 Å². The van der Waals surface area contributed by atoms with Gasteiger partial charge < -0.3 is 24.1 Å². The Bertz CT molecular complexity index is 1040. The van der Waals surface area contributed by atoms with E-state index in [0.717, 1.165) is 12.1 Å². The van der Waals surface area contributed by atoms with Crippen molar-refractivity contribution >= 4 is 0 Å². The lowest BCUT2D eigenvalue weighted by molar-refractivity contribution is -0.229. The zero-order valence-corrected chi connectivity index (χ0v) is 18.8. The Labute approximate surface area is 186 Å². The number of hydrogen-bond acceptors (Lipinski definition) is 7. The highest BCUT2D eigenvalue weighted by molar-refractivity contribution is 5.76. The average molecular weight is 442 g/mol. The average Bonchev–Trinajstić information content (AvgIpc) is 3.19. The number of H-pyrrole nitrogens is 1. The summed E-state index contributed by atoms with van der Waals surface area (Å²) in [4.78, 5) is 18.8. The van der Waals surface area contributed by atoms with E-state index in [1.165, 1.54) is 12.1 Å². The first kappa shape index (κ1) is 22.3. The van der Waals surface area contributed by atoms with Gasteiger partial charge in [-0.3, -0.25) is 0 Å². The van der Waals surface area contributed by atoms with Crippen molar-refractivity contribution in [2.24, 2.45) is 5.41 Å². The van der Waals surface area contributed by atoms with E-state index in [1.807, 2.05) is 19.0 Å². The highest BCUT2D eigenvalue weighted by Gasteiger charge is 2.32. The SMILES string of the molecule is CN(C)CCOc1nccc(-c2[nH]c(C3OCC(C)(C)CO3)nc2-c2ccc(F)cc2)n1. The fraction of sp³-hybridized carbons (Fsp3) is 0.435. The van der Waals surface area contributed by atoms with Gasteiger partial charge in [0, 0.05) is 23.7 Å². The van der Waals surface area contributed by atoms with Crippen LogP contribution in [0.2, 0.25) is 0 Å². The molecule has 0 saturated carbocycles.